The van der Waals surface area contributed by atoms with E-state index in [4.69, 9.17) is 17.9 Å². The summed E-state index contributed by atoms with van der Waals surface area (Å²) in [5, 5.41) is 9.10. The molecule has 2 aliphatic rings. The van der Waals surface area contributed by atoms with Gasteiger partial charge in [0.25, 0.3) is 5.91 Å². The van der Waals surface area contributed by atoms with Gasteiger partial charge < -0.3 is 4.90 Å². The maximum absolute atomic E-state index is 13.8. The van der Waals surface area contributed by atoms with Gasteiger partial charge in [-0.15, -0.1) is 12.6 Å². The number of anilines is 2. The molecule has 1 amide bonds. The van der Waals surface area contributed by atoms with Gasteiger partial charge in [-0.05, 0) is 56.0 Å². The Kier molecular flexibility index (Phi) is 5.21. The van der Waals surface area contributed by atoms with Crippen molar-refractivity contribution in [3.8, 4) is 6.07 Å². The Morgan fingerprint density at radius 3 is 2.35 bits per heavy atom. The number of amides is 1. The van der Waals surface area contributed by atoms with Crippen LogP contribution in [0.4, 0.5) is 24.5 Å². The van der Waals surface area contributed by atoms with Crippen LogP contribution in [-0.4, -0.2) is 16.9 Å². The summed E-state index contributed by atoms with van der Waals surface area (Å²) >= 11 is 4.72. The summed E-state index contributed by atoms with van der Waals surface area (Å²) in [5.74, 6) is -0.239. The molecule has 31 heavy (non-hydrogen) atoms. The van der Waals surface area contributed by atoms with Gasteiger partial charge in [-0.1, -0.05) is 31.0 Å². The molecule has 8 heteroatoms. The molecule has 0 radical (unpaired) electrons. The van der Waals surface area contributed by atoms with Crippen LogP contribution in [0.1, 0.15) is 42.9 Å². The number of halogens is 3. The second-order valence-electron chi connectivity index (χ2n) is 8.28. The van der Waals surface area contributed by atoms with Gasteiger partial charge in [-0.2, -0.15) is 18.4 Å². The van der Waals surface area contributed by atoms with E-state index in [-0.39, 0.29) is 17.5 Å². The SMILES string of the molecule is Cc1ccc(N2C(S)N(c3ccc(C#N)c(C(F)(F)F)c3)C(=O)C23CCCC3C)cc1. The highest BCUT2D eigenvalue weighted by molar-refractivity contribution is 7.81. The van der Waals surface area contributed by atoms with E-state index in [9.17, 15) is 18.0 Å². The van der Waals surface area contributed by atoms with Crippen LogP contribution >= 0.6 is 12.6 Å². The smallest absolute Gasteiger partial charge is 0.327 e. The van der Waals surface area contributed by atoms with Crippen LogP contribution in [0.25, 0.3) is 0 Å². The van der Waals surface area contributed by atoms with Crippen molar-refractivity contribution < 1.29 is 18.0 Å². The van der Waals surface area contributed by atoms with E-state index in [1.54, 1.807) is 6.07 Å². The fourth-order valence-corrected chi connectivity index (χ4v) is 5.49. The van der Waals surface area contributed by atoms with Gasteiger partial charge in [0.2, 0.25) is 0 Å². The number of thiol groups is 1. The zero-order valence-electron chi connectivity index (χ0n) is 17.1. The molecule has 2 aromatic carbocycles. The molecule has 4 nitrogen and oxygen atoms in total. The van der Waals surface area contributed by atoms with Crippen LogP contribution in [-0.2, 0) is 11.0 Å². The van der Waals surface area contributed by atoms with Crippen LogP contribution < -0.4 is 9.80 Å². The summed E-state index contributed by atoms with van der Waals surface area (Å²) in [6.45, 7) is 3.97. The Hall–Kier alpha value is -2.66. The van der Waals surface area contributed by atoms with Gasteiger partial charge in [0.05, 0.1) is 17.2 Å². The standard InChI is InChI=1S/C23H22F3N3OS/c1-14-5-8-17(9-6-14)29-21(31)28(20(30)22(29)11-3-4-15(22)2)18-10-7-16(13-27)19(12-18)23(24,25)26/h5-10,12,15,21,31H,3-4,11H2,1-2H3. The lowest BCUT2D eigenvalue weighted by Crippen LogP contribution is -2.52. The summed E-state index contributed by atoms with van der Waals surface area (Å²) in [4.78, 5) is 17.1. The number of nitrogens with zero attached hydrogens (tertiary/aromatic N) is 3. The fourth-order valence-electron chi connectivity index (χ4n) is 4.91. The molecule has 0 bridgehead atoms. The number of alkyl halides is 3. The van der Waals surface area contributed by atoms with E-state index in [2.05, 4.69) is 0 Å². The monoisotopic (exact) mass is 445 g/mol. The van der Waals surface area contributed by atoms with Crippen molar-refractivity contribution in [1.29, 1.82) is 5.26 Å². The second-order valence-corrected chi connectivity index (χ2v) is 8.75. The number of hydrogen-bond acceptors (Lipinski definition) is 4. The van der Waals surface area contributed by atoms with Crippen molar-refractivity contribution in [2.75, 3.05) is 9.80 Å². The highest BCUT2D eigenvalue weighted by atomic mass is 32.1. The minimum atomic E-state index is -4.70. The van der Waals surface area contributed by atoms with Crippen molar-refractivity contribution >= 4 is 29.9 Å². The van der Waals surface area contributed by atoms with Crippen molar-refractivity contribution in [2.45, 2.75) is 50.3 Å². The molecule has 2 aromatic rings. The van der Waals surface area contributed by atoms with Crippen molar-refractivity contribution in [3.05, 3.63) is 59.2 Å². The Labute approximate surface area is 184 Å². The molecule has 1 heterocycles. The molecule has 4 rings (SSSR count). The molecule has 1 saturated carbocycles. The summed E-state index contributed by atoms with van der Waals surface area (Å²) in [5.41, 5.74) is -1.21. The average molecular weight is 446 g/mol. The largest absolute Gasteiger partial charge is 0.417 e. The summed E-state index contributed by atoms with van der Waals surface area (Å²) in [6, 6.07) is 12.7. The Bertz CT molecular complexity index is 1060. The molecule has 3 atom stereocenters. The summed E-state index contributed by atoms with van der Waals surface area (Å²) < 4.78 is 40.6. The molecule has 162 valence electrons. The van der Waals surface area contributed by atoms with Gasteiger partial charge in [0.15, 0.2) is 5.50 Å². The van der Waals surface area contributed by atoms with E-state index in [0.29, 0.717) is 6.42 Å². The third-order valence-electron chi connectivity index (χ3n) is 6.51. The predicted molar refractivity (Wildman–Crippen MR) is 116 cm³/mol. The quantitative estimate of drug-likeness (QED) is 0.620. The normalized spacial score (nSPS) is 26.0. The molecule has 1 aliphatic heterocycles. The van der Waals surface area contributed by atoms with Crippen LogP contribution in [0.3, 0.4) is 0 Å². The van der Waals surface area contributed by atoms with E-state index < -0.39 is 28.3 Å². The number of nitriles is 1. The van der Waals surface area contributed by atoms with Crippen LogP contribution in [0, 0.1) is 24.2 Å². The molecule has 2 fully saturated rings. The predicted octanol–water partition coefficient (Wildman–Crippen LogP) is 5.51. The lowest BCUT2D eigenvalue weighted by molar-refractivity contribution is -0.137. The molecule has 0 N–H and O–H groups in total. The first-order valence-corrected chi connectivity index (χ1v) is 10.6. The molecule has 1 saturated heterocycles. The molecule has 1 aliphatic carbocycles. The Morgan fingerprint density at radius 1 is 1.16 bits per heavy atom. The maximum atomic E-state index is 13.8. The molecule has 1 spiro atoms. The number of carbonyl (C=O) groups excluding carboxylic acids is 1. The third-order valence-corrected chi connectivity index (χ3v) is 6.97. The first kappa shape index (κ1) is 21.6. The zero-order valence-corrected chi connectivity index (χ0v) is 18.0. The van der Waals surface area contributed by atoms with Gasteiger partial charge in [-0.3, -0.25) is 9.69 Å². The van der Waals surface area contributed by atoms with E-state index in [0.717, 1.165) is 36.2 Å². The molecule has 3 unspecified atom stereocenters. The highest BCUT2D eigenvalue weighted by Gasteiger charge is 2.61. The Balaban J connectivity index is 1.86. The second kappa shape index (κ2) is 7.49. The van der Waals surface area contributed by atoms with Crippen LogP contribution in [0.5, 0.6) is 0 Å². The van der Waals surface area contributed by atoms with Crippen molar-refractivity contribution in [1.82, 2.24) is 0 Å². The van der Waals surface area contributed by atoms with Crippen molar-refractivity contribution in [2.24, 2.45) is 5.92 Å². The zero-order chi connectivity index (χ0) is 22.6. The highest BCUT2D eigenvalue weighted by Crippen LogP contribution is 2.51. The third kappa shape index (κ3) is 3.26. The topological polar surface area (TPSA) is 47.3 Å². The number of aryl methyl sites for hydroxylation is 1. The number of benzene rings is 2. The minimum absolute atomic E-state index is 0.0152. The number of carbonyl (C=O) groups is 1. The lowest BCUT2D eigenvalue weighted by atomic mass is 9.86. The molecule has 0 aromatic heterocycles. The van der Waals surface area contributed by atoms with E-state index >= 15 is 0 Å². The minimum Gasteiger partial charge on any atom is -0.327 e. The number of rotatable bonds is 2. The van der Waals surface area contributed by atoms with Crippen LogP contribution in [0.2, 0.25) is 0 Å². The fraction of sp³-hybridized carbons (Fsp3) is 0.391. The first-order chi connectivity index (χ1) is 14.6. The number of hydrogen-bond donors (Lipinski definition) is 1. The summed E-state index contributed by atoms with van der Waals surface area (Å²) in [6.07, 6.45) is -2.39. The Morgan fingerprint density at radius 2 is 1.81 bits per heavy atom. The first-order valence-electron chi connectivity index (χ1n) is 10.1. The maximum Gasteiger partial charge on any atom is 0.417 e. The van der Waals surface area contributed by atoms with Gasteiger partial charge in [0, 0.05) is 11.4 Å². The summed E-state index contributed by atoms with van der Waals surface area (Å²) in [7, 11) is 0. The lowest BCUT2D eigenvalue weighted by Gasteiger charge is -2.39. The van der Waals surface area contributed by atoms with Gasteiger partial charge >= 0.3 is 6.18 Å². The van der Waals surface area contributed by atoms with Crippen LogP contribution in [0.15, 0.2) is 42.5 Å². The molecular weight excluding hydrogens is 423 g/mol. The molecular formula is C23H22F3N3OS. The van der Waals surface area contributed by atoms with E-state index in [1.165, 1.54) is 11.0 Å². The average Bonchev–Trinajstić information content (AvgIpc) is 3.20. The van der Waals surface area contributed by atoms with Gasteiger partial charge in [-0.25, -0.2) is 0 Å². The van der Waals surface area contributed by atoms with Crippen molar-refractivity contribution in [3.63, 3.8) is 0 Å². The van der Waals surface area contributed by atoms with Gasteiger partial charge in [0.1, 0.15) is 5.54 Å². The van der Waals surface area contributed by atoms with E-state index in [1.807, 2.05) is 43.0 Å².